The number of hydrogen-bond donors (Lipinski definition) is 1. The molecule has 0 aliphatic carbocycles. The predicted octanol–water partition coefficient (Wildman–Crippen LogP) is 2.60. The van der Waals surface area contributed by atoms with Crippen molar-refractivity contribution in [3.8, 4) is 0 Å². The van der Waals surface area contributed by atoms with Crippen molar-refractivity contribution in [2.75, 3.05) is 0 Å². The van der Waals surface area contributed by atoms with Crippen molar-refractivity contribution < 1.29 is 18.0 Å². The summed E-state index contributed by atoms with van der Waals surface area (Å²) in [7, 11) is 0. The molecule has 1 rings (SSSR count). The van der Waals surface area contributed by atoms with Gasteiger partial charge in [0.25, 0.3) is 0 Å². The van der Waals surface area contributed by atoms with Crippen LogP contribution in [0, 0.1) is 0 Å². The van der Waals surface area contributed by atoms with Crippen molar-refractivity contribution in [3.05, 3.63) is 35.4 Å². The first-order valence-corrected chi connectivity index (χ1v) is 4.77. The maximum Gasteiger partial charge on any atom is 0.393 e. The standard InChI is InChI=1S/C11H12F3NO/c1-8(15-7-16)10-4-2-9(3-5-10)6-11(12,13)14/h2-5,7-8H,6H2,1H3,(H,15,16)/t8-/m1/s1. The molecule has 88 valence electrons. The number of amides is 1. The minimum atomic E-state index is -4.19. The van der Waals surface area contributed by atoms with E-state index in [2.05, 4.69) is 5.32 Å². The average Bonchev–Trinajstić information content (AvgIpc) is 2.16. The zero-order valence-corrected chi connectivity index (χ0v) is 8.71. The first-order valence-electron chi connectivity index (χ1n) is 4.77. The van der Waals surface area contributed by atoms with Crippen molar-refractivity contribution in [1.82, 2.24) is 5.32 Å². The number of nitrogens with one attached hydrogen (secondary N) is 1. The number of alkyl halides is 3. The molecular formula is C11H12F3NO. The Bertz CT molecular complexity index is 345. The molecule has 1 atom stereocenters. The lowest BCUT2D eigenvalue weighted by molar-refractivity contribution is -0.127. The van der Waals surface area contributed by atoms with Crippen LogP contribution >= 0.6 is 0 Å². The Kier molecular flexibility index (Phi) is 3.93. The molecule has 1 N–H and O–H groups in total. The van der Waals surface area contributed by atoms with Gasteiger partial charge in [-0.3, -0.25) is 4.79 Å². The summed E-state index contributed by atoms with van der Waals surface area (Å²) in [6, 6.07) is 5.82. The highest BCUT2D eigenvalue weighted by molar-refractivity contribution is 5.47. The second kappa shape index (κ2) is 5.01. The monoisotopic (exact) mass is 231 g/mol. The molecule has 0 radical (unpaired) electrons. The number of carbonyl (C=O) groups is 1. The van der Waals surface area contributed by atoms with Crippen LogP contribution in [0.4, 0.5) is 13.2 Å². The van der Waals surface area contributed by atoms with Gasteiger partial charge in [0.2, 0.25) is 6.41 Å². The molecule has 0 aliphatic heterocycles. The highest BCUT2D eigenvalue weighted by atomic mass is 19.4. The predicted molar refractivity (Wildman–Crippen MR) is 53.8 cm³/mol. The molecule has 1 aromatic carbocycles. The van der Waals surface area contributed by atoms with Crippen LogP contribution in [0.1, 0.15) is 24.1 Å². The van der Waals surface area contributed by atoms with Gasteiger partial charge in [0, 0.05) is 0 Å². The summed E-state index contributed by atoms with van der Waals surface area (Å²) in [5.41, 5.74) is 0.993. The summed E-state index contributed by atoms with van der Waals surface area (Å²) in [6.45, 7) is 1.76. The van der Waals surface area contributed by atoms with E-state index in [0.29, 0.717) is 6.41 Å². The minimum absolute atomic E-state index is 0.197. The van der Waals surface area contributed by atoms with E-state index in [0.717, 1.165) is 5.56 Å². The first-order chi connectivity index (χ1) is 7.42. The Morgan fingerprint density at radius 3 is 2.31 bits per heavy atom. The van der Waals surface area contributed by atoms with Gasteiger partial charge in [0.1, 0.15) is 0 Å². The lowest BCUT2D eigenvalue weighted by Crippen LogP contribution is -2.16. The first kappa shape index (κ1) is 12.5. The highest BCUT2D eigenvalue weighted by Crippen LogP contribution is 2.22. The molecule has 0 aromatic heterocycles. The van der Waals surface area contributed by atoms with E-state index >= 15 is 0 Å². The van der Waals surface area contributed by atoms with Crippen molar-refractivity contribution in [1.29, 1.82) is 0 Å². The molecule has 1 aromatic rings. The lowest BCUT2D eigenvalue weighted by Gasteiger charge is -2.11. The molecule has 0 bridgehead atoms. The number of hydrogen-bond acceptors (Lipinski definition) is 1. The molecular weight excluding hydrogens is 219 g/mol. The van der Waals surface area contributed by atoms with E-state index in [1.165, 1.54) is 12.1 Å². The zero-order chi connectivity index (χ0) is 12.2. The maximum absolute atomic E-state index is 12.1. The summed E-state index contributed by atoms with van der Waals surface area (Å²) in [5.74, 6) is 0. The largest absolute Gasteiger partial charge is 0.393 e. The molecule has 0 saturated heterocycles. The molecule has 5 heteroatoms. The second-order valence-corrected chi connectivity index (χ2v) is 3.54. The van der Waals surface area contributed by atoms with Gasteiger partial charge in [-0.15, -0.1) is 0 Å². The SMILES string of the molecule is C[C@@H](NC=O)c1ccc(CC(F)(F)F)cc1. The van der Waals surface area contributed by atoms with Crippen LogP contribution in [0.2, 0.25) is 0 Å². The third kappa shape index (κ3) is 3.92. The van der Waals surface area contributed by atoms with Gasteiger partial charge >= 0.3 is 6.18 Å². The number of benzene rings is 1. The number of halogens is 3. The van der Waals surface area contributed by atoms with Gasteiger partial charge < -0.3 is 5.32 Å². The second-order valence-electron chi connectivity index (χ2n) is 3.54. The molecule has 0 heterocycles. The van der Waals surface area contributed by atoms with Crippen LogP contribution in [-0.2, 0) is 11.2 Å². The third-order valence-electron chi connectivity index (χ3n) is 2.20. The summed E-state index contributed by atoms with van der Waals surface area (Å²) < 4.78 is 36.2. The van der Waals surface area contributed by atoms with Crippen LogP contribution in [0.5, 0.6) is 0 Å². The molecule has 16 heavy (non-hydrogen) atoms. The Balaban J connectivity index is 2.71. The van der Waals surface area contributed by atoms with E-state index < -0.39 is 12.6 Å². The van der Waals surface area contributed by atoms with Crippen molar-refractivity contribution in [2.24, 2.45) is 0 Å². The fourth-order valence-electron chi connectivity index (χ4n) is 1.35. The highest BCUT2D eigenvalue weighted by Gasteiger charge is 2.27. The van der Waals surface area contributed by atoms with Gasteiger partial charge in [0.05, 0.1) is 12.5 Å². The molecule has 1 amide bonds. The maximum atomic E-state index is 12.1. The molecule has 0 fully saturated rings. The van der Waals surface area contributed by atoms with Gasteiger partial charge in [-0.25, -0.2) is 0 Å². The van der Waals surface area contributed by atoms with Crippen molar-refractivity contribution in [2.45, 2.75) is 25.6 Å². The quantitative estimate of drug-likeness (QED) is 0.793. The van der Waals surface area contributed by atoms with Gasteiger partial charge in [0.15, 0.2) is 0 Å². The molecule has 2 nitrogen and oxygen atoms in total. The normalized spacial score (nSPS) is 13.2. The number of carbonyl (C=O) groups excluding carboxylic acids is 1. The number of rotatable bonds is 4. The van der Waals surface area contributed by atoms with Gasteiger partial charge in [-0.2, -0.15) is 13.2 Å². The summed E-state index contributed by atoms with van der Waals surface area (Å²) >= 11 is 0. The van der Waals surface area contributed by atoms with Crippen molar-refractivity contribution >= 4 is 6.41 Å². The van der Waals surface area contributed by atoms with Crippen LogP contribution in [0.25, 0.3) is 0 Å². The fourth-order valence-corrected chi connectivity index (χ4v) is 1.35. The van der Waals surface area contributed by atoms with E-state index in [9.17, 15) is 18.0 Å². The summed E-state index contributed by atoms with van der Waals surface area (Å²) in [4.78, 5) is 10.2. The molecule has 0 spiro atoms. The topological polar surface area (TPSA) is 29.1 Å². The Hall–Kier alpha value is -1.52. The minimum Gasteiger partial charge on any atom is -0.352 e. The molecule has 0 saturated carbocycles. The molecule has 0 unspecified atom stereocenters. The van der Waals surface area contributed by atoms with Gasteiger partial charge in [-0.1, -0.05) is 24.3 Å². The van der Waals surface area contributed by atoms with E-state index in [4.69, 9.17) is 0 Å². The summed E-state index contributed by atoms with van der Waals surface area (Å²) in [5, 5.41) is 2.53. The van der Waals surface area contributed by atoms with Crippen LogP contribution in [0.15, 0.2) is 24.3 Å². The third-order valence-corrected chi connectivity index (χ3v) is 2.20. The Labute approximate surface area is 91.5 Å². The van der Waals surface area contributed by atoms with Gasteiger partial charge in [-0.05, 0) is 18.1 Å². The fraction of sp³-hybridized carbons (Fsp3) is 0.364. The zero-order valence-electron chi connectivity index (χ0n) is 8.71. The average molecular weight is 231 g/mol. The van der Waals surface area contributed by atoms with E-state index in [1.54, 1.807) is 19.1 Å². The Morgan fingerprint density at radius 2 is 1.88 bits per heavy atom. The summed E-state index contributed by atoms with van der Waals surface area (Å²) in [6.07, 6.45) is -4.55. The Morgan fingerprint density at radius 1 is 1.31 bits per heavy atom. The lowest BCUT2D eigenvalue weighted by atomic mass is 10.0. The van der Waals surface area contributed by atoms with E-state index in [-0.39, 0.29) is 11.6 Å². The molecule has 0 aliphatic rings. The van der Waals surface area contributed by atoms with Crippen LogP contribution in [0.3, 0.4) is 0 Å². The van der Waals surface area contributed by atoms with E-state index in [1.807, 2.05) is 0 Å². The van der Waals surface area contributed by atoms with Crippen LogP contribution < -0.4 is 5.32 Å². The van der Waals surface area contributed by atoms with Crippen molar-refractivity contribution in [3.63, 3.8) is 0 Å². The van der Waals surface area contributed by atoms with Crippen LogP contribution in [-0.4, -0.2) is 12.6 Å². The smallest absolute Gasteiger partial charge is 0.352 e.